The summed E-state index contributed by atoms with van der Waals surface area (Å²) in [6.07, 6.45) is 0.0779. The second-order valence-electron chi connectivity index (χ2n) is 3.91. The Labute approximate surface area is 123 Å². The van der Waals surface area contributed by atoms with Gasteiger partial charge in [-0.25, -0.2) is 8.42 Å². The first-order valence-corrected chi connectivity index (χ1v) is 7.54. The van der Waals surface area contributed by atoms with E-state index in [1.54, 1.807) is 0 Å². The molecule has 20 heavy (non-hydrogen) atoms. The zero-order valence-electron chi connectivity index (χ0n) is 10.6. The molecule has 6 nitrogen and oxygen atoms in total. The Kier molecular flexibility index (Phi) is 5.78. The number of nitriles is 2. The summed E-state index contributed by atoms with van der Waals surface area (Å²) in [5, 5.41) is 17.2. The number of halogens is 1. The van der Waals surface area contributed by atoms with Crippen LogP contribution in [-0.4, -0.2) is 25.8 Å². The fourth-order valence-corrected chi connectivity index (χ4v) is 3.54. The minimum Gasteiger partial charge on any atom is -0.399 e. The van der Waals surface area contributed by atoms with Crippen LogP contribution in [0.3, 0.4) is 0 Å². The molecule has 0 aliphatic heterocycles. The van der Waals surface area contributed by atoms with Crippen molar-refractivity contribution in [1.29, 1.82) is 10.5 Å². The Morgan fingerprint density at radius 3 is 2.20 bits per heavy atom. The lowest BCUT2D eigenvalue weighted by Gasteiger charge is -2.20. The summed E-state index contributed by atoms with van der Waals surface area (Å²) in [7, 11) is -3.85. The summed E-state index contributed by atoms with van der Waals surface area (Å²) in [5.74, 6) is 0. The maximum Gasteiger partial charge on any atom is 0.244 e. The van der Waals surface area contributed by atoms with Crippen LogP contribution in [0.25, 0.3) is 0 Å². The van der Waals surface area contributed by atoms with Crippen molar-refractivity contribution in [3.63, 3.8) is 0 Å². The van der Waals surface area contributed by atoms with Gasteiger partial charge < -0.3 is 5.73 Å². The van der Waals surface area contributed by atoms with E-state index in [9.17, 15) is 8.42 Å². The van der Waals surface area contributed by atoms with Crippen LogP contribution in [0.4, 0.5) is 5.69 Å². The van der Waals surface area contributed by atoms with Crippen LogP contribution in [0, 0.1) is 22.7 Å². The second kappa shape index (κ2) is 7.11. The smallest absolute Gasteiger partial charge is 0.244 e. The lowest BCUT2D eigenvalue weighted by molar-refractivity contribution is 0.425. The van der Waals surface area contributed by atoms with Gasteiger partial charge in [0.1, 0.15) is 4.90 Å². The fraction of sp³-hybridized carbons (Fsp3) is 0.333. The molecular weight excluding hydrogens is 300 g/mol. The van der Waals surface area contributed by atoms with Crippen LogP contribution < -0.4 is 5.73 Å². The molecule has 8 heteroatoms. The topological polar surface area (TPSA) is 111 Å². The van der Waals surface area contributed by atoms with Gasteiger partial charge in [-0.3, -0.25) is 0 Å². The van der Waals surface area contributed by atoms with Gasteiger partial charge >= 0.3 is 0 Å². The lowest BCUT2D eigenvalue weighted by atomic mass is 10.3. The van der Waals surface area contributed by atoms with Gasteiger partial charge in [0.2, 0.25) is 10.0 Å². The monoisotopic (exact) mass is 312 g/mol. The zero-order chi connectivity index (χ0) is 15.2. The van der Waals surface area contributed by atoms with Crippen molar-refractivity contribution < 1.29 is 8.42 Å². The number of hydrogen-bond donors (Lipinski definition) is 1. The van der Waals surface area contributed by atoms with E-state index in [4.69, 9.17) is 27.9 Å². The van der Waals surface area contributed by atoms with Crippen LogP contribution in [-0.2, 0) is 10.0 Å². The molecule has 0 radical (unpaired) electrons. The number of hydrogen-bond acceptors (Lipinski definition) is 5. The van der Waals surface area contributed by atoms with Crippen molar-refractivity contribution in [3.8, 4) is 12.1 Å². The highest BCUT2D eigenvalue weighted by molar-refractivity contribution is 7.89. The average Bonchev–Trinajstić information content (AvgIpc) is 2.38. The van der Waals surface area contributed by atoms with Gasteiger partial charge in [0.15, 0.2) is 0 Å². The van der Waals surface area contributed by atoms with E-state index < -0.39 is 10.0 Å². The predicted molar refractivity (Wildman–Crippen MR) is 75.1 cm³/mol. The van der Waals surface area contributed by atoms with E-state index in [1.165, 1.54) is 18.2 Å². The van der Waals surface area contributed by atoms with E-state index in [0.29, 0.717) is 5.69 Å². The second-order valence-corrected chi connectivity index (χ2v) is 6.22. The molecule has 0 aliphatic rings. The summed E-state index contributed by atoms with van der Waals surface area (Å²) in [6.45, 7) is 0.0302. The minimum absolute atomic E-state index is 0.0151. The molecule has 0 aliphatic carbocycles. The molecule has 0 fully saturated rings. The number of benzene rings is 1. The van der Waals surface area contributed by atoms with E-state index in [2.05, 4.69) is 0 Å². The van der Waals surface area contributed by atoms with Crippen molar-refractivity contribution in [3.05, 3.63) is 23.2 Å². The summed E-state index contributed by atoms with van der Waals surface area (Å²) in [5.41, 5.74) is 5.88. The Morgan fingerprint density at radius 1 is 1.20 bits per heavy atom. The molecule has 2 N–H and O–H groups in total. The first kappa shape index (κ1) is 16.3. The van der Waals surface area contributed by atoms with Crippen molar-refractivity contribution in [2.45, 2.75) is 17.7 Å². The van der Waals surface area contributed by atoms with Crippen molar-refractivity contribution >= 4 is 27.3 Å². The molecule has 0 saturated heterocycles. The van der Waals surface area contributed by atoms with Gasteiger partial charge in [-0.1, -0.05) is 11.6 Å². The predicted octanol–water partition coefficient (Wildman–Crippen LogP) is 1.74. The molecule has 0 amide bonds. The van der Waals surface area contributed by atoms with Crippen molar-refractivity contribution in [2.24, 2.45) is 0 Å². The quantitative estimate of drug-likeness (QED) is 0.804. The molecule has 1 rings (SSSR count). The summed E-state index contributed by atoms with van der Waals surface area (Å²) >= 11 is 5.91. The Hall–Kier alpha value is -1.80. The molecule has 0 heterocycles. The first-order valence-electron chi connectivity index (χ1n) is 5.72. The number of rotatable bonds is 6. The largest absolute Gasteiger partial charge is 0.399 e. The average molecular weight is 313 g/mol. The standard InChI is InChI=1S/C12H13ClN4O2S/c13-11-9-10(16)3-4-12(11)20(18,19)17(7-1-5-14)8-2-6-15/h3-4,9H,1-2,7-8,16H2. The molecule has 0 atom stereocenters. The highest BCUT2D eigenvalue weighted by Crippen LogP contribution is 2.26. The molecule has 0 unspecified atom stereocenters. The number of sulfonamides is 1. The highest BCUT2D eigenvalue weighted by atomic mass is 35.5. The molecule has 0 bridgehead atoms. The Balaban J connectivity index is 3.15. The Bertz CT molecular complexity index is 643. The molecule has 1 aromatic carbocycles. The molecule has 0 saturated carbocycles. The molecule has 1 aromatic rings. The zero-order valence-corrected chi connectivity index (χ0v) is 12.2. The summed E-state index contributed by atoms with van der Waals surface area (Å²) < 4.78 is 26.0. The van der Waals surface area contributed by atoms with Gasteiger partial charge in [0.25, 0.3) is 0 Å². The molecule has 0 spiro atoms. The maximum atomic E-state index is 12.5. The van der Waals surface area contributed by atoms with E-state index in [1.807, 2.05) is 12.1 Å². The lowest BCUT2D eigenvalue weighted by Crippen LogP contribution is -2.33. The minimum atomic E-state index is -3.85. The van der Waals surface area contributed by atoms with Crippen LogP contribution in [0.15, 0.2) is 23.1 Å². The third kappa shape index (κ3) is 3.84. The van der Waals surface area contributed by atoms with Crippen molar-refractivity contribution in [1.82, 2.24) is 4.31 Å². The van der Waals surface area contributed by atoms with Gasteiger partial charge in [-0.2, -0.15) is 14.8 Å². The number of nitrogen functional groups attached to an aromatic ring is 1. The van der Waals surface area contributed by atoms with Gasteiger partial charge in [0.05, 0.1) is 17.2 Å². The third-order valence-corrected chi connectivity index (χ3v) is 4.90. The summed E-state index contributed by atoms with van der Waals surface area (Å²) in [4.78, 5) is -0.0794. The number of nitrogens with zero attached hydrogens (tertiary/aromatic N) is 3. The highest BCUT2D eigenvalue weighted by Gasteiger charge is 2.26. The van der Waals surface area contributed by atoms with Crippen molar-refractivity contribution in [2.75, 3.05) is 18.8 Å². The van der Waals surface area contributed by atoms with Gasteiger partial charge in [0, 0.05) is 31.6 Å². The van der Waals surface area contributed by atoms with Gasteiger partial charge in [-0.15, -0.1) is 0 Å². The summed E-state index contributed by atoms with van der Waals surface area (Å²) in [6, 6.07) is 7.86. The SMILES string of the molecule is N#CCCN(CCC#N)S(=O)(=O)c1ccc(N)cc1Cl. The molecule has 0 aromatic heterocycles. The molecule has 106 valence electrons. The van der Waals surface area contributed by atoms with Crippen LogP contribution in [0.1, 0.15) is 12.8 Å². The van der Waals surface area contributed by atoms with Crippen LogP contribution in [0.2, 0.25) is 5.02 Å². The van der Waals surface area contributed by atoms with E-state index in [0.717, 1.165) is 4.31 Å². The van der Waals surface area contributed by atoms with Gasteiger partial charge in [-0.05, 0) is 18.2 Å². The Morgan fingerprint density at radius 2 is 1.75 bits per heavy atom. The van der Waals surface area contributed by atoms with E-state index in [-0.39, 0.29) is 35.8 Å². The van der Waals surface area contributed by atoms with Crippen LogP contribution >= 0.6 is 11.6 Å². The fourth-order valence-electron chi connectivity index (χ4n) is 1.57. The first-order chi connectivity index (χ1) is 9.43. The number of anilines is 1. The molecular formula is C12H13ClN4O2S. The van der Waals surface area contributed by atoms with E-state index >= 15 is 0 Å². The number of nitrogens with two attached hydrogens (primary N) is 1. The normalized spacial score (nSPS) is 11.0. The third-order valence-electron chi connectivity index (χ3n) is 2.52. The maximum absolute atomic E-state index is 12.5. The van der Waals surface area contributed by atoms with Crippen LogP contribution in [0.5, 0.6) is 0 Å².